The second-order valence-electron chi connectivity index (χ2n) is 3.49. The lowest BCUT2D eigenvalue weighted by Gasteiger charge is -2.13. The number of aromatic nitrogens is 1. The predicted octanol–water partition coefficient (Wildman–Crippen LogP) is 1.35. The summed E-state index contributed by atoms with van der Waals surface area (Å²) in [4.78, 5) is 27.9. The second-order valence-corrected chi connectivity index (χ2v) is 3.89. The van der Waals surface area contributed by atoms with E-state index in [1.165, 1.54) is 11.1 Å². The van der Waals surface area contributed by atoms with Gasteiger partial charge in [-0.05, 0) is 18.6 Å². The fraction of sp³-hybridized carbons (Fsp3) is 0.300. The molecule has 1 saturated heterocycles. The minimum atomic E-state index is -0.200. The van der Waals surface area contributed by atoms with Crippen LogP contribution in [0.1, 0.15) is 12.0 Å². The number of carbonyl (C=O) groups excluding carboxylic acids is 2. The van der Waals surface area contributed by atoms with Gasteiger partial charge in [-0.3, -0.25) is 14.5 Å². The molecule has 2 heterocycles. The molecule has 0 bridgehead atoms. The molecular weight excluding hydrogens is 216 g/mol. The number of rotatable bonds is 1. The van der Waals surface area contributed by atoms with Crippen molar-refractivity contribution in [3.05, 3.63) is 22.8 Å². The van der Waals surface area contributed by atoms with Crippen molar-refractivity contribution in [1.82, 2.24) is 4.98 Å². The van der Waals surface area contributed by atoms with Crippen LogP contribution in [0.5, 0.6) is 0 Å². The van der Waals surface area contributed by atoms with Crippen LogP contribution in [-0.4, -0.2) is 23.2 Å². The van der Waals surface area contributed by atoms with E-state index in [-0.39, 0.29) is 24.7 Å². The lowest BCUT2D eigenvalue weighted by Crippen LogP contribution is -2.25. The highest BCUT2D eigenvalue weighted by molar-refractivity contribution is 6.31. The fourth-order valence-electron chi connectivity index (χ4n) is 1.47. The summed E-state index contributed by atoms with van der Waals surface area (Å²) >= 11 is 5.82. The third kappa shape index (κ3) is 1.85. The summed E-state index contributed by atoms with van der Waals surface area (Å²) in [6, 6.07) is 1.71. The van der Waals surface area contributed by atoms with Crippen molar-refractivity contribution in [2.24, 2.45) is 0 Å². The van der Waals surface area contributed by atoms with Crippen molar-refractivity contribution in [3.63, 3.8) is 0 Å². The molecule has 0 saturated carbocycles. The first-order valence-corrected chi connectivity index (χ1v) is 4.90. The molecule has 1 aromatic rings. The quantitative estimate of drug-likeness (QED) is 0.677. The number of nitrogens with zero attached hydrogens (tertiary/aromatic N) is 2. The van der Waals surface area contributed by atoms with E-state index in [0.29, 0.717) is 10.8 Å². The zero-order valence-corrected chi connectivity index (χ0v) is 8.91. The Morgan fingerprint density at radius 1 is 1.47 bits per heavy atom. The van der Waals surface area contributed by atoms with Gasteiger partial charge in [-0.15, -0.1) is 0 Å². The van der Waals surface area contributed by atoms with Crippen molar-refractivity contribution >= 4 is 29.1 Å². The first-order valence-electron chi connectivity index (χ1n) is 4.52. The third-order valence-electron chi connectivity index (χ3n) is 2.29. The van der Waals surface area contributed by atoms with Crippen LogP contribution in [0, 0.1) is 6.92 Å². The Hall–Kier alpha value is -1.42. The molecule has 1 aliphatic rings. The van der Waals surface area contributed by atoms with Gasteiger partial charge in [0.15, 0.2) is 5.78 Å². The van der Waals surface area contributed by atoms with Gasteiger partial charge in [0, 0.05) is 6.20 Å². The Balaban J connectivity index is 2.34. The van der Waals surface area contributed by atoms with Crippen molar-refractivity contribution in [3.8, 4) is 0 Å². The Labute approximate surface area is 91.9 Å². The minimum absolute atomic E-state index is 0.0245. The maximum atomic E-state index is 11.4. The van der Waals surface area contributed by atoms with Gasteiger partial charge in [0.1, 0.15) is 5.82 Å². The summed E-state index contributed by atoms with van der Waals surface area (Å²) in [6.07, 6.45) is 1.46. The van der Waals surface area contributed by atoms with Crippen LogP contribution in [0.4, 0.5) is 5.82 Å². The topological polar surface area (TPSA) is 50.3 Å². The molecule has 0 aromatic carbocycles. The average molecular weight is 225 g/mol. The van der Waals surface area contributed by atoms with Gasteiger partial charge >= 0.3 is 0 Å². The maximum Gasteiger partial charge on any atom is 0.236 e. The number of pyridine rings is 1. The van der Waals surface area contributed by atoms with Crippen LogP contribution in [0.25, 0.3) is 0 Å². The van der Waals surface area contributed by atoms with Gasteiger partial charge in [0.05, 0.1) is 18.0 Å². The van der Waals surface area contributed by atoms with E-state index in [1.807, 2.05) is 6.92 Å². The SMILES string of the molecule is Cc1cc(N2CC(=O)CC2=O)ncc1Cl. The smallest absolute Gasteiger partial charge is 0.236 e. The Kier molecular flexibility index (Phi) is 2.44. The predicted molar refractivity (Wildman–Crippen MR) is 56.0 cm³/mol. The van der Waals surface area contributed by atoms with Crippen LogP contribution in [0.2, 0.25) is 5.02 Å². The summed E-state index contributed by atoms with van der Waals surface area (Å²) in [7, 11) is 0. The summed E-state index contributed by atoms with van der Waals surface area (Å²) in [5.41, 5.74) is 0.841. The van der Waals surface area contributed by atoms with E-state index >= 15 is 0 Å². The van der Waals surface area contributed by atoms with E-state index in [4.69, 9.17) is 11.6 Å². The van der Waals surface area contributed by atoms with Crippen molar-refractivity contribution < 1.29 is 9.59 Å². The second kappa shape index (κ2) is 3.62. The van der Waals surface area contributed by atoms with Crippen LogP contribution >= 0.6 is 11.6 Å². The molecule has 1 aromatic heterocycles. The Morgan fingerprint density at radius 2 is 2.20 bits per heavy atom. The van der Waals surface area contributed by atoms with E-state index < -0.39 is 0 Å². The maximum absolute atomic E-state index is 11.4. The van der Waals surface area contributed by atoms with Crippen LogP contribution < -0.4 is 4.90 Å². The number of ketones is 1. The Bertz CT molecular complexity index is 445. The van der Waals surface area contributed by atoms with Crippen molar-refractivity contribution in [2.75, 3.05) is 11.4 Å². The van der Waals surface area contributed by atoms with E-state index in [2.05, 4.69) is 4.98 Å². The summed E-state index contributed by atoms with van der Waals surface area (Å²) in [5, 5.41) is 0.553. The highest BCUT2D eigenvalue weighted by atomic mass is 35.5. The van der Waals surface area contributed by atoms with Gasteiger partial charge in [-0.25, -0.2) is 4.98 Å². The number of anilines is 1. The number of hydrogen-bond acceptors (Lipinski definition) is 3. The molecule has 1 fully saturated rings. The molecule has 0 atom stereocenters. The molecular formula is C10H9ClN2O2. The molecule has 0 N–H and O–H groups in total. The van der Waals surface area contributed by atoms with Crippen LogP contribution in [0.15, 0.2) is 12.3 Å². The summed E-state index contributed by atoms with van der Waals surface area (Å²) in [6.45, 7) is 1.95. The normalized spacial score (nSPS) is 16.3. The third-order valence-corrected chi connectivity index (χ3v) is 2.69. The summed E-state index contributed by atoms with van der Waals surface area (Å²) < 4.78 is 0. The van der Waals surface area contributed by atoms with Crippen molar-refractivity contribution in [1.29, 1.82) is 0 Å². The van der Waals surface area contributed by atoms with E-state index in [1.54, 1.807) is 6.07 Å². The molecule has 2 rings (SSSR count). The van der Waals surface area contributed by atoms with E-state index in [0.717, 1.165) is 5.56 Å². The number of aryl methyl sites for hydroxylation is 1. The lowest BCUT2D eigenvalue weighted by atomic mass is 10.3. The zero-order valence-electron chi connectivity index (χ0n) is 8.16. The first kappa shape index (κ1) is 10.1. The van der Waals surface area contributed by atoms with Gasteiger partial charge in [0.25, 0.3) is 0 Å². The standard InChI is InChI=1S/C10H9ClN2O2/c1-6-2-9(12-4-8(6)11)13-5-7(14)3-10(13)15/h2,4H,3,5H2,1H3. The van der Waals surface area contributed by atoms with Crippen LogP contribution in [0.3, 0.4) is 0 Å². The monoisotopic (exact) mass is 224 g/mol. The molecule has 78 valence electrons. The fourth-order valence-corrected chi connectivity index (χ4v) is 1.57. The van der Waals surface area contributed by atoms with Crippen LogP contribution in [-0.2, 0) is 9.59 Å². The molecule has 4 nitrogen and oxygen atoms in total. The van der Waals surface area contributed by atoms with E-state index in [9.17, 15) is 9.59 Å². The largest absolute Gasteiger partial charge is 0.297 e. The molecule has 5 heteroatoms. The van der Waals surface area contributed by atoms with Gasteiger partial charge in [0.2, 0.25) is 5.91 Å². The number of hydrogen-bond donors (Lipinski definition) is 0. The highest BCUT2D eigenvalue weighted by Gasteiger charge is 2.29. The Morgan fingerprint density at radius 3 is 2.73 bits per heavy atom. The average Bonchev–Trinajstić information content (AvgIpc) is 2.50. The molecule has 15 heavy (non-hydrogen) atoms. The molecule has 1 aliphatic heterocycles. The number of carbonyl (C=O) groups is 2. The van der Waals surface area contributed by atoms with Gasteiger partial charge in [-0.2, -0.15) is 0 Å². The van der Waals surface area contributed by atoms with Gasteiger partial charge < -0.3 is 0 Å². The van der Waals surface area contributed by atoms with Gasteiger partial charge in [-0.1, -0.05) is 11.6 Å². The number of halogens is 1. The minimum Gasteiger partial charge on any atom is -0.297 e. The first-order chi connectivity index (χ1) is 7.08. The molecule has 0 spiro atoms. The van der Waals surface area contributed by atoms with Crippen molar-refractivity contribution in [2.45, 2.75) is 13.3 Å². The summed E-state index contributed by atoms with van der Waals surface area (Å²) in [5.74, 6) is 0.219. The number of amides is 1. The molecule has 0 radical (unpaired) electrons. The lowest BCUT2D eigenvalue weighted by molar-refractivity contribution is -0.121. The highest BCUT2D eigenvalue weighted by Crippen LogP contribution is 2.22. The zero-order chi connectivity index (χ0) is 11.0. The molecule has 0 unspecified atom stereocenters. The molecule has 1 amide bonds. The molecule has 0 aliphatic carbocycles. The number of Topliss-reactive ketones (excluding diaryl/α,β-unsaturated/α-hetero) is 1.